The van der Waals surface area contributed by atoms with Crippen molar-refractivity contribution in [2.75, 3.05) is 32.8 Å². The van der Waals surface area contributed by atoms with E-state index in [9.17, 15) is 0 Å². The molecule has 96 valence electrons. The predicted molar refractivity (Wildman–Crippen MR) is 68.3 cm³/mol. The number of nitrogens with two attached hydrogens (primary N) is 1. The Morgan fingerprint density at radius 2 is 2.25 bits per heavy atom. The molecule has 1 fully saturated rings. The quantitative estimate of drug-likeness (QED) is 0.693. The van der Waals surface area contributed by atoms with Gasteiger partial charge < -0.3 is 15.7 Å². The molecule has 1 rings (SSSR count). The highest BCUT2D eigenvalue weighted by molar-refractivity contribution is 4.83. The lowest BCUT2D eigenvalue weighted by Gasteiger charge is -2.32. The molecule has 1 heterocycles. The second kappa shape index (κ2) is 6.58. The van der Waals surface area contributed by atoms with E-state index < -0.39 is 0 Å². The predicted octanol–water partition coefficient (Wildman–Crippen LogP) is 1.46. The minimum atomic E-state index is 0.281. The molecule has 3 N–H and O–H groups in total. The second-order valence-electron chi connectivity index (χ2n) is 5.67. The van der Waals surface area contributed by atoms with Gasteiger partial charge in [0.05, 0.1) is 0 Å². The molecule has 0 radical (unpaired) electrons. The topological polar surface area (TPSA) is 49.5 Å². The molecular weight excluding hydrogens is 200 g/mol. The molecule has 2 unspecified atom stereocenters. The SMILES string of the molecule is CCCC(C)(CN)CN1CCC(CCO)C1. The molecule has 0 amide bonds. The fourth-order valence-corrected chi connectivity index (χ4v) is 2.86. The Balaban J connectivity index is 2.36. The highest BCUT2D eigenvalue weighted by Crippen LogP contribution is 2.27. The van der Waals surface area contributed by atoms with Crippen LogP contribution < -0.4 is 5.73 Å². The van der Waals surface area contributed by atoms with E-state index in [1.165, 1.54) is 25.8 Å². The first kappa shape index (κ1) is 13.9. The lowest BCUT2D eigenvalue weighted by molar-refractivity contribution is 0.176. The van der Waals surface area contributed by atoms with Gasteiger partial charge in [0.2, 0.25) is 0 Å². The molecule has 1 aliphatic heterocycles. The van der Waals surface area contributed by atoms with Crippen molar-refractivity contribution < 1.29 is 5.11 Å². The monoisotopic (exact) mass is 228 g/mol. The number of hydrogen-bond donors (Lipinski definition) is 2. The molecule has 0 saturated carbocycles. The van der Waals surface area contributed by atoms with Crippen LogP contribution in [0.1, 0.15) is 39.5 Å². The third-order valence-corrected chi connectivity index (χ3v) is 3.86. The van der Waals surface area contributed by atoms with Gasteiger partial charge in [-0.25, -0.2) is 0 Å². The molecule has 0 bridgehead atoms. The normalized spacial score (nSPS) is 25.9. The van der Waals surface area contributed by atoms with Crippen LogP contribution in [0.15, 0.2) is 0 Å². The Kier molecular flexibility index (Phi) is 5.73. The van der Waals surface area contributed by atoms with Gasteiger partial charge in [-0.2, -0.15) is 0 Å². The first-order valence-electron chi connectivity index (χ1n) is 6.67. The molecule has 16 heavy (non-hydrogen) atoms. The average Bonchev–Trinajstić information content (AvgIpc) is 2.66. The zero-order valence-corrected chi connectivity index (χ0v) is 10.9. The van der Waals surface area contributed by atoms with Crippen LogP contribution in [0.25, 0.3) is 0 Å². The zero-order chi connectivity index (χ0) is 12.0. The summed E-state index contributed by atoms with van der Waals surface area (Å²) < 4.78 is 0. The Bertz CT molecular complexity index is 198. The molecule has 3 nitrogen and oxygen atoms in total. The van der Waals surface area contributed by atoms with Crippen LogP contribution in [-0.2, 0) is 0 Å². The van der Waals surface area contributed by atoms with Gasteiger partial charge in [0.25, 0.3) is 0 Å². The first-order valence-corrected chi connectivity index (χ1v) is 6.67. The van der Waals surface area contributed by atoms with Crippen LogP contribution in [0.5, 0.6) is 0 Å². The Morgan fingerprint density at radius 1 is 1.50 bits per heavy atom. The van der Waals surface area contributed by atoms with Gasteiger partial charge in [-0.3, -0.25) is 0 Å². The molecular formula is C13H28N2O. The van der Waals surface area contributed by atoms with Crippen LogP contribution in [0.2, 0.25) is 0 Å². The van der Waals surface area contributed by atoms with Gasteiger partial charge >= 0.3 is 0 Å². The number of aliphatic hydroxyl groups is 1. The van der Waals surface area contributed by atoms with E-state index in [2.05, 4.69) is 18.7 Å². The molecule has 1 saturated heterocycles. The standard InChI is InChI=1S/C13H28N2O/c1-3-6-13(2,10-14)11-15-7-4-12(9-15)5-8-16/h12,16H,3-11,14H2,1-2H3. The number of likely N-dealkylation sites (tertiary alicyclic amines) is 1. The van der Waals surface area contributed by atoms with E-state index in [0.29, 0.717) is 12.5 Å². The average molecular weight is 228 g/mol. The van der Waals surface area contributed by atoms with Crippen molar-refractivity contribution in [3.8, 4) is 0 Å². The van der Waals surface area contributed by atoms with Gasteiger partial charge in [0.1, 0.15) is 0 Å². The van der Waals surface area contributed by atoms with Crippen LogP contribution in [-0.4, -0.2) is 42.8 Å². The minimum absolute atomic E-state index is 0.281. The first-order chi connectivity index (χ1) is 7.63. The second-order valence-corrected chi connectivity index (χ2v) is 5.67. The zero-order valence-electron chi connectivity index (χ0n) is 10.9. The van der Waals surface area contributed by atoms with Gasteiger partial charge in [0.15, 0.2) is 0 Å². The van der Waals surface area contributed by atoms with Crippen LogP contribution in [0, 0.1) is 11.3 Å². The van der Waals surface area contributed by atoms with Crippen molar-refractivity contribution in [3.63, 3.8) is 0 Å². The molecule has 0 aromatic rings. The van der Waals surface area contributed by atoms with Crippen molar-refractivity contribution in [1.82, 2.24) is 4.90 Å². The Labute approximate surface area is 100 Å². The summed E-state index contributed by atoms with van der Waals surface area (Å²) in [5.41, 5.74) is 6.18. The summed E-state index contributed by atoms with van der Waals surface area (Å²) in [6.45, 7) is 9.11. The van der Waals surface area contributed by atoms with Crippen molar-refractivity contribution >= 4 is 0 Å². The summed E-state index contributed by atoms with van der Waals surface area (Å²) >= 11 is 0. The Morgan fingerprint density at radius 3 is 2.81 bits per heavy atom. The summed E-state index contributed by atoms with van der Waals surface area (Å²) in [5.74, 6) is 0.702. The maximum absolute atomic E-state index is 8.94. The fourth-order valence-electron chi connectivity index (χ4n) is 2.86. The summed E-state index contributed by atoms with van der Waals surface area (Å²) in [5, 5.41) is 8.94. The van der Waals surface area contributed by atoms with E-state index in [1.54, 1.807) is 0 Å². The van der Waals surface area contributed by atoms with Crippen LogP contribution in [0.4, 0.5) is 0 Å². The molecule has 1 aliphatic rings. The molecule has 0 aliphatic carbocycles. The van der Waals surface area contributed by atoms with Crippen LogP contribution in [0.3, 0.4) is 0 Å². The lowest BCUT2D eigenvalue weighted by Crippen LogP contribution is -2.39. The highest BCUT2D eigenvalue weighted by atomic mass is 16.3. The molecule has 2 atom stereocenters. The van der Waals surface area contributed by atoms with Crippen molar-refractivity contribution in [3.05, 3.63) is 0 Å². The van der Waals surface area contributed by atoms with Crippen molar-refractivity contribution in [2.24, 2.45) is 17.1 Å². The number of nitrogens with zero attached hydrogens (tertiary/aromatic N) is 1. The van der Waals surface area contributed by atoms with Crippen molar-refractivity contribution in [2.45, 2.75) is 39.5 Å². The highest BCUT2D eigenvalue weighted by Gasteiger charge is 2.29. The number of aliphatic hydroxyl groups excluding tert-OH is 1. The summed E-state index contributed by atoms with van der Waals surface area (Å²) in [7, 11) is 0. The van der Waals surface area contributed by atoms with E-state index in [1.807, 2.05) is 0 Å². The fraction of sp³-hybridized carbons (Fsp3) is 1.00. The van der Waals surface area contributed by atoms with Gasteiger partial charge in [-0.05, 0) is 43.7 Å². The summed E-state index contributed by atoms with van der Waals surface area (Å²) in [4.78, 5) is 2.53. The van der Waals surface area contributed by atoms with Gasteiger partial charge in [-0.1, -0.05) is 20.3 Å². The largest absolute Gasteiger partial charge is 0.396 e. The summed E-state index contributed by atoms with van der Waals surface area (Å²) in [6.07, 6.45) is 4.63. The lowest BCUT2D eigenvalue weighted by atomic mass is 9.85. The maximum Gasteiger partial charge on any atom is 0.0434 e. The molecule has 0 aromatic carbocycles. The minimum Gasteiger partial charge on any atom is -0.396 e. The summed E-state index contributed by atoms with van der Waals surface area (Å²) in [6, 6.07) is 0. The smallest absolute Gasteiger partial charge is 0.0434 e. The van der Waals surface area contributed by atoms with Crippen LogP contribution >= 0.6 is 0 Å². The third kappa shape index (κ3) is 4.04. The van der Waals surface area contributed by atoms with Gasteiger partial charge in [-0.15, -0.1) is 0 Å². The molecule has 3 heteroatoms. The Hall–Kier alpha value is -0.120. The number of rotatable bonds is 7. The number of hydrogen-bond acceptors (Lipinski definition) is 3. The van der Waals surface area contributed by atoms with E-state index in [-0.39, 0.29) is 5.41 Å². The van der Waals surface area contributed by atoms with E-state index >= 15 is 0 Å². The molecule has 0 aromatic heterocycles. The third-order valence-electron chi connectivity index (χ3n) is 3.86. The van der Waals surface area contributed by atoms with E-state index in [0.717, 1.165) is 26.1 Å². The molecule has 0 spiro atoms. The van der Waals surface area contributed by atoms with Crippen molar-refractivity contribution in [1.29, 1.82) is 0 Å². The van der Waals surface area contributed by atoms with Gasteiger partial charge in [0, 0.05) is 19.7 Å². The van der Waals surface area contributed by atoms with E-state index in [4.69, 9.17) is 10.8 Å². The maximum atomic E-state index is 8.94.